The number of rotatable bonds is 3. The van der Waals surface area contributed by atoms with E-state index in [-0.39, 0.29) is 12.5 Å². The molecule has 0 saturated carbocycles. The summed E-state index contributed by atoms with van der Waals surface area (Å²) >= 11 is 0. The summed E-state index contributed by atoms with van der Waals surface area (Å²) in [6.07, 6.45) is 2.43. The number of halogens is 1. The van der Waals surface area contributed by atoms with E-state index in [1.165, 1.54) is 4.90 Å². The highest BCUT2D eigenvalue weighted by Gasteiger charge is 2.32. The lowest BCUT2D eigenvalue weighted by molar-refractivity contribution is -0.152. The average Bonchev–Trinajstić information content (AvgIpc) is 2.41. The molecule has 2 aliphatic heterocycles. The molecule has 0 aromatic heterocycles. The molecule has 0 aromatic rings. The summed E-state index contributed by atoms with van der Waals surface area (Å²) in [5.41, 5.74) is 0. The standard InChI is InChI=1S/C13H21FN2O3/c14-10-4-7-15(8-5-10)9-12(17)16-6-2-1-3-11(16)13(18)19/h10-11H,1-9H2,(H,18,19). The van der Waals surface area contributed by atoms with Crippen molar-refractivity contribution >= 4 is 11.9 Å². The Morgan fingerprint density at radius 1 is 1.11 bits per heavy atom. The number of carbonyl (C=O) groups excluding carboxylic acids is 1. The predicted molar refractivity (Wildman–Crippen MR) is 67.6 cm³/mol. The van der Waals surface area contributed by atoms with E-state index in [9.17, 15) is 14.0 Å². The first kappa shape index (κ1) is 14.2. The van der Waals surface area contributed by atoms with Gasteiger partial charge >= 0.3 is 5.97 Å². The monoisotopic (exact) mass is 272 g/mol. The topological polar surface area (TPSA) is 60.9 Å². The van der Waals surface area contributed by atoms with Gasteiger partial charge in [-0.25, -0.2) is 9.18 Å². The van der Waals surface area contributed by atoms with Gasteiger partial charge in [0, 0.05) is 19.6 Å². The van der Waals surface area contributed by atoms with Crippen molar-refractivity contribution in [1.82, 2.24) is 9.80 Å². The quantitative estimate of drug-likeness (QED) is 0.828. The molecular formula is C13H21FN2O3. The van der Waals surface area contributed by atoms with E-state index in [2.05, 4.69) is 0 Å². The SMILES string of the molecule is O=C(O)C1CCCCN1C(=O)CN1CCC(F)CC1. The summed E-state index contributed by atoms with van der Waals surface area (Å²) in [6, 6.07) is -0.681. The molecule has 0 aliphatic carbocycles. The third kappa shape index (κ3) is 3.65. The Kier molecular flexibility index (Phi) is 4.74. The summed E-state index contributed by atoms with van der Waals surface area (Å²) in [7, 11) is 0. The van der Waals surface area contributed by atoms with Crippen LogP contribution in [0.15, 0.2) is 0 Å². The smallest absolute Gasteiger partial charge is 0.326 e. The number of carboxylic acids is 1. The van der Waals surface area contributed by atoms with Gasteiger partial charge in [-0.15, -0.1) is 0 Å². The van der Waals surface area contributed by atoms with Gasteiger partial charge < -0.3 is 10.0 Å². The van der Waals surface area contributed by atoms with E-state index in [0.29, 0.717) is 38.9 Å². The minimum absolute atomic E-state index is 0.135. The highest BCUT2D eigenvalue weighted by Crippen LogP contribution is 2.19. The lowest BCUT2D eigenvalue weighted by atomic mass is 10.0. The number of carbonyl (C=O) groups is 2. The number of alkyl halides is 1. The van der Waals surface area contributed by atoms with E-state index in [0.717, 1.165) is 12.8 Å². The molecule has 1 amide bonds. The number of hydrogen-bond donors (Lipinski definition) is 1. The maximum Gasteiger partial charge on any atom is 0.326 e. The molecule has 2 heterocycles. The minimum atomic E-state index is -0.921. The van der Waals surface area contributed by atoms with Gasteiger partial charge in [0.1, 0.15) is 12.2 Å². The summed E-state index contributed by atoms with van der Waals surface area (Å²) in [6.45, 7) is 1.91. The van der Waals surface area contributed by atoms with Crippen molar-refractivity contribution in [2.24, 2.45) is 0 Å². The number of hydrogen-bond acceptors (Lipinski definition) is 3. The van der Waals surface area contributed by atoms with E-state index < -0.39 is 18.2 Å². The molecule has 0 aromatic carbocycles. The molecule has 5 nitrogen and oxygen atoms in total. The number of aliphatic carboxylic acids is 1. The van der Waals surface area contributed by atoms with Crippen LogP contribution in [0.2, 0.25) is 0 Å². The second-order valence-corrected chi connectivity index (χ2v) is 5.39. The number of piperidine rings is 2. The molecule has 1 atom stereocenters. The van der Waals surface area contributed by atoms with Crippen LogP contribution in [0, 0.1) is 0 Å². The molecule has 0 radical (unpaired) electrons. The normalized spacial score (nSPS) is 26.4. The van der Waals surface area contributed by atoms with Crippen LogP contribution in [-0.4, -0.2) is 65.2 Å². The summed E-state index contributed by atoms with van der Waals surface area (Å²) in [4.78, 5) is 26.7. The number of carboxylic acid groups (broad SMARTS) is 1. The summed E-state index contributed by atoms with van der Waals surface area (Å²) in [5.74, 6) is -1.06. The molecule has 2 rings (SSSR count). The fourth-order valence-corrected chi connectivity index (χ4v) is 2.83. The lowest BCUT2D eigenvalue weighted by Gasteiger charge is -2.35. The van der Waals surface area contributed by atoms with Crippen LogP contribution < -0.4 is 0 Å². The van der Waals surface area contributed by atoms with Gasteiger partial charge in [0.05, 0.1) is 6.54 Å². The van der Waals surface area contributed by atoms with Crippen molar-refractivity contribution in [3.05, 3.63) is 0 Å². The fourth-order valence-electron chi connectivity index (χ4n) is 2.83. The van der Waals surface area contributed by atoms with Crippen LogP contribution in [0.5, 0.6) is 0 Å². The summed E-state index contributed by atoms with van der Waals surface area (Å²) < 4.78 is 13.0. The van der Waals surface area contributed by atoms with E-state index >= 15 is 0 Å². The Morgan fingerprint density at radius 3 is 2.42 bits per heavy atom. The van der Waals surface area contributed by atoms with Gasteiger partial charge in [0.2, 0.25) is 5.91 Å². The average molecular weight is 272 g/mol. The van der Waals surface area contributed by atoms with Crippen molar-refractivity contribution in [3.63, 3.8) is 0 Å². The molecule has 6 heteroatoms. The number of likely N-dealkylation sites (tertiary alicyclic amines) is 2. The molecule has 0 spiro atoms. The van der Waals surface area contributed by atoms with Crippen molar-refractivity contribution in [1.29, 1.82) is 0 Å². The van der Waals surface area contributed by atoms with E-state index in [1.54, 1.807) is 0 Å². The number of nitrogens with zero attached hydrogens (tertiary/aromatic N) is 2. The van der Waals surface area contributed by atoms with Crippen LogP contribution >= 0.6 is 0 Å². The maximum atomic E-state index is 13.0. The maximum absolute atomic E-state index is 13.0. The van der Waals surface area contributed by atoms with Crippen LogP contribution in [0.25, 0.3) is 0 Å². The van der Waals surface area contributed by atoms with Gasteiger partial charge in [-0.05, 0) is 32.1 Å². The molecule has 1 unspecified atom stereocenters. The predicted octanol–water partition coefficient (Wildman–Crippen LogP) is 0.886. The zero-order chi connectivity index (χ0) is 13.8. The zero-order valence-electron chi connectivity index (χ0n) is 11.1. The highest BCUT2D eigenvalue weighted by molar-refractivity contribution is 5.85. The van der Waals surface area contributed by atoms with Crippen LogP contribution in [0.1, 0.15) is 32.1 Å². The fraction of sp³-hybridized carbons (Fsp3) is 0.846. The third-order valence-electron chi connectivity index (χ3n) is 3.98. The van der Waals surface area contributed by atoms with Gasteiger partial charge in [0.15, 0.2) is 0 Å². The molecule has 19 heavy (non-hydrogen) atoms. The Labute approximate surface area is 112 Å². The third-order valence-corrected chi connectivity index (χ3v) is 3.98. The van der Waals surface area contributed by atoms with Crippen LogP contribution in [0.3, 0.4) is 0 Å². The van der Waals surface area contributed by atoms with Crippen molar-refractivity contribution in [2.75, 3.05) is 26.2 Å². The Bertz CT molecular complexity index is 343. The van der Waals surface area contributed by atoms with Crippen molar-refractivity contribution < 1.29 is 19.1 Å². The second kappa shape index (κ2) is 6.32. The second-order valence-electron chi connectivity index (χ2n) is 5.39. The molecule has 1 N–H and O–H groups in total. The first-order valence-corrected chi connectivity index (χ1v) is 6.96. The van der Waals surface area contributed by atoms with Gasteiger partial charge in [-0.3, -0.25) is 9.69 Å². The van der Waals surface area contributed by atoms with Crippen molar-refractivity contribution in [2.45, 2.75) is 44.3 Å². The van der Waals surface area contributed by atoms with E-state index in [4.69, 9.17) is 5.11 Å². The lowest BCUT2D eigenvalue weighted by Crippen LogP contribution is -2.52. The summed E-state index contributed by atoms with van der Waals surface area (Å²) in [5, 5.41) is 9.14. The Morgan fingerprint density at radius 2 is 1.79 bits per heavy atom. The van der Waals surface area contributed by atoms with E-state index in [1.807, 2.05) is 4.90 Å². The highest BCUT2D eigenvalue weighted by atomic mass is 19.1. The van der Waals surface area contributed by atoms with Gasteiger partial charge in [-0.2, -0.15) is 0 Å². The first-order chi connectivity index (χ1) is 9.08. The van der Waals surface area contributed by atoms with Crippen LogP contribution in [-0.2, 0) is 9.59 Å². The Balaban J connectivity index is 1.89. The first-order valence-electron chi connectivity index (χ1n) is 6.96. The number of amides is 1. The largest absolute Gasteiger partial charge is 0.480 e. The Hall–Kier alpha value is -1.17. The molecule has 2 aliphatic rings. The molecule has 0 bridgehead atoms. The van der Waals surface area contributed by atoms with Crippen molar-refractivity contribution in [3.8, 4) is 0 Å². The molecule has 2 saturated heterocycles. The van der Waals surface area contributed by atoms with Gasteiger partial charge in [-0.1, -0.05) is 0 Å². The molecule has 108 valence electrons. The minimum Gasteiger partial charge on any atom is -0.480 e. The zero-order valence-corrected chi connectivity index (χ0v) is 11.1. The van der Waals surface area contributed by atoms with Gasteiger partial charge in [0.25, 0.3) is 0 Å². The molecular weight excluding hydrogens is 251 g/mol. The molecule has 2 fully saturated rings. The van der Waals surface area contributed by atoms with Crippen LogP contribution in [0.4, 0.5) is 4.39 Å².